The van der Waals surface area contributed by atoms with E-state index in [4.69, 9.17) is 4.74 Å². The van der Waals surface area contributed by atoms with Gasteiger partial charge in [-0.15, -0.1) is 0 Å². The first kappa shape index (κ1) is 14.4. The molecule has 2 heterocycles. The third-order valence-electron chi connectivity index (χ3n) is 3.88. The van der Waals surface area contributed by atoms with Crippen LogP contribution in [-0.2, 0) is 16.6 Å². The van der Waals surface area contributed by atoms with Gasteiger partial charge in [-0.2, -0.15) is 5.10 Å². The molecule has 1 fully saturated rings. The quantitative estimate of drug-likeness (QED) is 0.883. The van der Waals surface area contributed by atoms with Crippen molar-refractivity contribution in [1.29, 1.82) is 0 Å². The van der Waals surface area contributed by atoms with Crippen LogP contribution in [0, 0.1) is 12.8 Å². The number of aromatic nitrogens is 2. The van der Waals surface area contributed by atoms with Crippen LogP contribution in [0.5, 0.6) is 5.88 Å². The Bertz CT molecular complexity index is 552. The molecule has 1 N–H and O–H groups in total. The number of piperidine rings is 1. The Morgan fingerprint density at radius 3 is 2.65 bits per heavy atom. The molecule has 7 nitrogen and oxygen atoms in total. The lowest BCUT2D eigenvalue weighted by molar-refractivity contribution is -0.150. The molecule has 20 heavy (non-hydrogen) atoms. The number of rotatable bonds is 3. The van der Waals surface area contributed by atoms with Gasteiger partial charge in [-0.3, -0.25) is 9.59 Å². The van der Waals surface area contributed by atoms with E-state index in [1.807, 2.05) is 0 Å². The van der Waals surface area contributed by atoms with Crippen molar-refractivity contribution in [3.05, 3.63) is 11.3 Å². The minimum absolute atomic E-state index is 0.0576. The summed E-state index contributed by atoms with van der Waals surface area (Å²) in [6.07, 6.45) is 0.590. The second-order valence-electron chi connectivity index (χ2n) is 5.06. The van der Waals surface area contributed by atoms with E-state index in [1.165, 1.54) is 12.0 Å². The minimum Gasteiger partial charge on any atom is -0.481 e. The summed E-state index contributed by atoms with van der Waals surface area (Å²) >= 11 is 0. The summed E-state index contributed by atoms with van der Waals surface area (Å²) in [5, 5.41) is 13.7. The number of ether oxygens (including phenoxy) is 1. The lowest BCUT2D eigenvalue weighted by Crippen LogP contribution is -2.43. The summed E-state index contributed by atoms with van der Waals surface area (Å²) in [6, 6.07) is -0.544. The Balaban J connectivity index is 2.55. The highest BCUT2D eigenvalue weighted by molar-refractivity contribution is 5.81. The summed E-state index contributed by atoms with van der Waals surface area (Å²) in [4.78, 5) is 24.9. The molecule has 2 atom stereocenters. The van der Waals surface area contributed by atoms with E-state index >= 15 is 0 Å². The highest BCUT2D eigenvalue weighted by Crippen LogP contribution is 2.41. The van der Waals surface area contributed by atoms with Gasteiger partial charge < -0.3 is 14.7 Å². The molecular weight excluding hydrogens is 262 g/mol. The van der Waals surface area contributed by atoms with Crippen LogP contribution < -0.4 is 4.74 Å². The van der Waals surface area contributed by atoms with Crippen molar-refractivity contribution < 1.29 is 19.4 Å². The van der Waals surface area contributed by atoms with E-state index in [9.17, 15) is 14.7 Å². The summed E-state index contributed by atoms with van der Waals surface area (Å²) in [7, 11) is 4.88. The lowest BCUT2D eigenvalue weighted by atomic mass is 9.84. The molecule has 1 saturated heterocycles. The first-order chi connectivity index (χ1) is 9.38. The van der Waals surface area contributed by atoms with Crippen molar-refractivity contribution in [1.82, 2.24) is 14.7 Å². The second-order valence-corrected chi connectivity index (χ2v) is 5.06. The summed E-state index contributed by atoms with van der Waals surface area (Å²) in [5.74, 6) is -1.10. The Morgan fingerprint density at radius 2 is 2.10 bits per heavy atom. The van der Waals surface area contributed by atoms with E-state index < -0.39 is 17.9 Å². The monoisotopic (exact) mass is 281 g/mol. The third kappa shape index (κ3) is 2.13. The van der Waals surface area contributed by atoms with Gasteiger partial charge >= 0.3 is 5.97 Å². The molecule has 0 spiro atoms. The van der Waals surface area contributed by atoms with Gasteiger partial charge in [-0.05, 0) is 13.3 Å². The topological polar surface area (TPSA) is 84.7 Å². The van der Waals surface area contributed by atoms with Crippen LogP contribution in [0.1, 0.15) is 30.1 Å². The van der Waals surface area contributed by atoms with Gasteiger partial charge in [0.25, 0.3) is 0 Å². The van der Waals surface area contributed by atoms with E-state index in [0.29, 0.717) is 23.6 Å². The summed E-state index contributed by atoms with van der Waals surface area (Å²) in [5.41, 5.74) is 1.36. The van der Waals surface area contributed by atoms with Crippen LogP contribution in [0.4, 0.5) is 0 Å². The molecule has 0 aromatic carbocycles. The zero-order chi connectivity index (χ0) is 15.0. The normalized spacial score (nSPS) is 23.0. The third-order valence-corrected chi connectivity index (χ3v) is 3.88. The fourth-order valence-corrected chi connectivity index (χ4v) is 2.93. The summed E-state index contributed by atoms with van der Waals surface area (Å²) < 4.78 is 6.90. The smallest absolute Gasteiger partial charge is 0.308 e. The predicted molar refractivity (Wildman–Crippen MR) is 70.4 cm³/mol. The maximum Gasteiger partial charge on any atom is 0.308 e. The number of carbonyl (C=O) groups is 2. The SMILES string of the molecule is COc1c(C2C(C(=O)O)CCC(=O)N2C)c(C)nn1C. The number of aryl methyl sites for hydroxylation is 2. The molecular formula is C13H19N3O4. The van der Waals surface area contributed by atoms with Crippen LogP contribution in [0.2, 0.25) is 0 Å². The van der Waals surface area contributed by atoms with Gasteiger partial charge in [0, 0.05) is 20.5 Å². The fraction of sp³-hybridized carbons (Fsp3) is 0.615. The van der Waals surface area contributed by atoms with E-state index in [1.54, 1.807) is 25.7 Å². The first-order valence-corrected chi connectivity index (χ1v) is 6.44. The number of likely N-dealkylation sites (tertiary alicyclic amines) is 1. The Kier molecular flexibility index (Phi) is 3.69. The van der Waals surface area contributed by atoms with Crippen molar-refractivity contribution in [2.24, 2.45) is 13.0 Å². The molecule has 110 valence electrons. The average Bonchev–Trinajstić information content (AvgIpc) is 2.66. The Labute approximate surface area is 117 Å². The highest BCUT2D eigenvalue weighted by Gasteiger charge is 2.42. The number of carboxylic acid groups (broad SMARTS) is 1. The molecule has 1 aromatic heterocycles. The van der Waals surface area contributed by atoms with E-state index in [0.717, 1.165) is 0 Å². The molecule has 7 heteroatoms. The number of methoxy groups -OCH3 is 1. The predicted octanol–water partition coefficient (Wildman–Crippen LogP) is 0.731. The van der Waals surface area contributed by atoms with Crippen LogP contribution in [0.3, 0.4) is 0 Å². The van der Waals surface area contributed by atoms with E-state index in [2.05, 4.69) is 5.10 Å². The van der Waals surface area contributed by atoms with Crippen molar-refractivity contribution in [2.45, 2.75) is 25.8 Å². The molecule has 0 aliphatic carbocycles. The summed E-state index contributed by atoms with van der Waals surface area (Å²) in [6.45, 7) is 1.80. The molecule has 1 amide bonds. The van der Waals surface area contributed by atoms with Crippen molar-refractivity contribution in [3.8, 4) is 5.88 Å². The number of carbonyl (C=O) groups excluding carboxylic acids is 1. The highest BCUT2D eigenvalue weighted by atomic mass is 16.5. The molecule has 2 rings (SSSR count). The molecule has 2 unspecified atom stereocenters. The average molecular weight is 281 g/mol. The van der Waals surface area contributed by atoms with Gasteiger partial charge in [-0.25, -0.2) is 4.68 Å². The second kappa shape index (κ2) is 5.15. The maximum absolute atomic E-state index is 11.9. The molecule has 0 saturated carbocycles. The maximum atomic E-state index is 11.9. The van der Waals surface area contributed by atoms with Gasteiger partial charge in [0.15, 0.2) is 0 Å². The van der Waals surface area contributed by atoms with Crippen LogP contribution in [0.15, 0.2) is 0 Å². The standard InChI is InChI=1S/C13H19N3O4/c1-7-10(12(20-4)16(3)14-7)11-8(13(18)19)5-6-9(17)15(11)2/h8,11H,5-6H2,1-4H3,(H,18,19). The van der Waals surface area contributed by atoms with Crippen molar-refractivity contribution >= 4 is 11.9 Å². The van der Waals surface area contributed by atoms with Gasteiger partial charge in [0.05, 0.1) is 30.3 Å². The number of amides is 1. The van der Waals surface area contributed by atoms with Crippen LogP contribution in [-0.4, -0.2) is 45.8 Å². The number of hydrogen-bond donors (Lipinski definition) is 1. The van der Waals surface area contributed by atoms with Crippen LogP contribution in [0.25, 0.3) is 0 Å². The van der Waals surface area contributed by atoms with Crippen LogP contribution >= 0.6 is 0 Å². The zero-order valence-electron chi connectivity index (χ0n) is 12.1. The van der Waals surface area contributed by atoms with E-state index in [-0.39, 0.29) is 12.3 Å². The minimum atomic E-state index is -0.903. The lowest BCUT2D eigenvalue weighted by Gasteiger charge is -2.37. The van der Waals surface area contributed by atoms with Gasteiger partial charge in [0.1, 0.15) is 0 Å². The fourth-order valence-electron chi connectivity index (χ4n) is 2.93. The molecule has 0 bridgehead atoms. The van der Waals surface area contributed by atoms with Crippen molar-refractivity contribution in [2.75, 3.05) is 14.2 Å². The Morgan fingerprint density at radius 1 is 1.45 bits per heavy atom. The largest absolute Gasteiger partial charge is 0.481 e. The van der Waals surface area contributed by atoms with Gasteiger partial charge in [-0.1, -0.05) is 0 Å². The molecule has 0 radical (unpaired) electrons. The number of aliphatic carboxylic acids is 1. The molecule has 1 aliphatic heterocycles. The number of nitrogens with zero attached hydrogens (tertiary/aromatic N) is 3. The number of hydrogen-bond acceptors (Lipinski definition) is 4. The molecule has 1 aromatic rings. The van der Waals surface area contributed by atoms with Gasteiger partial charge in [0.2, 0.25) is 11.8 Å². The number of carboxylic acids is 1. The Hall–Kier alpha value is -2.05. The zero-order valence-corrected chi connectivity index (χ0v) is 12.1. The van der Waals surface area contributed by atoms with Crippen molar-refractivity contribution in [3.63, 3.8) is 0 Å². The molecule has 1 aliphatic rings. The first-order valence-electron chi connectivity index (χ1n) is 6.44.